The topological polar surface area (TPSA) is 79.4 Å². The molecule has 0 saturated carbocycles. The van der Waals surface area contributed by atoms with E-state index in [9.17, 15) is 13.2 Å². The van der Waals surface area contributed by atoms with Crippen molar-refractivity contribution in [1.29, 1.82) is 0 Å². The normalized spacial score (nSPS) is 20.9. The lowest BCUT2D eigenvalue weighted by Crippen LogP contribution is -2.51. The van der Waals surface area contributed by atoms with Crippen molar-refractivity contribution in [3.63, 3.8) is 0 Å². The van der Waals surface area contributed by atoms with Crippen molar-refractivity contribution in [3.05, 3.63) is 0 Å². The Balaban J connectivity index is 0.00000612. The van der Waals surface area contributed by atoms with Crippen molar-refractivity contribution in [3.8, 4) is 0 Å². The lowest BCUT2D eigenvalue weighted by molar-refractivity contribution is -0.0870. The number of halogens is 1. The molecule has 0 bridgehead atoms. The summed E-state index contributed by atoms with van der Waals surface area (Å²) in [6.45, 7) is 17.7. The van der Waals surface area contributed by atoms with E-state index in [0.29, 0.717) is 19.1 Å². The summed E-state index contributed by atoms with van der Waals surface area (Å²) in [5.41, 5.74) is -0.739. The van der Waals surface area contributed by atoms with Crippen molar-refractivity contribution < 1.29 is 22.7 Å². The van der Waals surface area contributed by atoms with E-state index in [1.807, 2.05) is 27.7 Å². The summed E-state index contributed by atoms with van der Waals surface area (Å²) in [5.74, 6) is 0. The van der Waals surface area contributed by atoms with Crippen LogP contribution in [0.15, 0.2) is 0 Å². The molecule has 0 unspecified atom stereocenters. The Hall–Kier alpha value is -0.610. The molecule has 0 aromatic rings. The Labute approximate surface area is 220 Å². The fourth-order valence-electron chi connectivity index (χ4n) is 4.67. The molecule has 208 valence electrons. The highest BCUT2D eigenvalue weighted by Gasteiger charge is 2.35. The zero-order chi connectivity index (χ0) is 25.7. The van der Waals surface area contributed by atoms with E-state index in [1.54, 1.807) is 4.90 Å². The van der Waals surface area contributed by atoms with Crippen LogP contribution in [-0.4, -0.2) is 98.0 Å². The molecule has 2 aliphatic heterocycles. The minimum atomic E-state index is -3.47. The van der Waals surface area contributed by atoms with E-state index in [2.05, 4.69) is 25.7 Å². The summed E-state index contributed by atoms with van der Waals surface area (Å²) in [4.78, 5) is 17.2. The minimum Gasteiger partial charge on any atom is -0.447 e. The molecule has 2 saturated heterocycles. The molecular weight excluding hydrogens is 490 g/mol. The summed E-state index contributed by atoms with van der Waals surface area (Å²) in [7, 11) is -3.47. The van der Waals surface area contributed by atoms with Crippen LogP contribution in [0.5, 0.6) is 0 Å². The predicted octanol–water partition coefficient (Wildman–Crippen LogP) is 4.38. The van der Waals surface area contributed by atoms with Gasteiger partial charge in [-0.2, -0.15) is 4.31 Å². The summed E-state index contributed by atoms with van der Waals surface area (Å²) in [6.07, 6.45) is 5.99. The first kappa shape index (κ1) is 32.4. The third kappa shape index (κ3) is 10.3. The van der Waals surface area contributed by atoms with E-state index in [4.69, 9.17) is 9.47 Å². The largest absolute Gasteiger partial charge is 0.447 e. The van der Waals surface area contributed by atoms with Crippen LogP contribution in [0, 0.1) is 5.41 Å². The van der Waals surface area contributed by atoms with E-state index in [-0.39, 0.29) is 43.2 Å². The Morgan fingerprint density at radius 2 is 1.54 bits per heavy atom. The van der Waals surface area contributed by atoms with Crippen molar-refractivity contribution >= 4 is 28.5 Å². The molecule has 1 amide bonds. The highest BCUT2D eigenvalue weighted by atomic mass is 35.5. The van der Waals surface area contributed by atoms with E-state index in [0.717, 1.165) is 12.8 Å². The number of hydrogen-bond acceptors (Lipinski definition) is 6. The van der Waals surface area contributed by atoms with Gasteiger partial charge in [0.1, 0.15) is 12.7 Å². The Morgan fingerprint density at radius 3 is 2.00 bits per heavy atom. The lowest BCUT2D eigenvalue weighted by Gasteiger charge is -2.40. The van der Waals surface area contributed by atoms with Gasteiger partial charge >= 0.3 is 6.09 Å². The molecule has 2 atom stereocenters. The summed E-state index contributed by atoms with van der Waals surface area (Å²) < 4.78 is 38.4. The molecule has 8 nitrogen and oxygen atoms in total. The van der Waals surface area contributed by atoms with Crippen LogP contribution < -0.4 is 0 Å². The smallest absolute Gasteiger partial charge is 0.409 e. The average Bonchev–Trinajstić information content (AvgIpc) is 2.73. The van der Waals surface area contributed by atoms with E-state index < -0.39 is 21.7 Å². The quantitative estimate of drug-likeness (QED) is 0.455. The van der Waals surface area contributed by atoms with Gasteiger partial charge in [0.05, 0.1) is 12.4 Å². The third-order valence-corrected chi connectivity index (χ3v) is 8.65. The number of nitrogens with zero attached hydrogens (tertiary/aromatic N) is 3. The fourth-order valence-corrected chi connectivity index (χ4v) is 6.10. The van der Waals surface area contributed by atoms with Gasteiger partial charge in [-0.05, 0) is 71.9 Å². The Bertz CT molecular complexity index is 752. The van der Waals surface area contributed by atoms with Crippen molar-refractivity contribution in [2.24, 2.45) is 5.41 Å². The van der Waals surface area contributed by atoms with Gasteiger partial charge in [0.2, 0.25) is 10.0 Å². The first-order valence-electron chi connectivity index (χ1n) is 12.9. The maximum Gasteiger partial charge on any atom is 0.409 e. The van der Waals surface area contributed by atoms with Gasteiger partial charge in [0.25, 0.3) is 0 Å². The summed E-state index contributed by atoms with van der Waals surface area (Å²) in [6, 6.07) is 0.558. The van der Waals surface area contributed by atoms with Crippen molar-refractivity contribution in [2.75, 3.05) is 45.6 Å². The van der Waals surface area contributed by atoms with Crippen LogP contribution in [0.1, 0.15) is 80.6 Å². The maximum absolute atomic E-state index is 12.9. The molecule has 10 heteroatoms. The van der Waals surface area contributed by atoms with Crippen LogP contribution in [0.3, 0.4) is 0 Å². The van der Waals surface area contributed by atoms with Gasteiger partial charge in [0, 0.05) is 31.2 Å². The second kappa shape index (κ2) is 13.3. The molecule has 0 N–H and O–H groups in total. The van der Waals surface area contributed by atoms with Crippen LogP contribution in [-0.2, 0) is 19.5 Å². The van der Waals surface area contributed by atoms with Crippen LogP contribution in [0.4, 0.5) is 4.79 Å². The minimum absolute atomic E-state index is 0. The van der Waals surface area contributed by atoms with Gasteiger partial charge in [0.15, 0.2) is 0 Å². The third-order valence-electron chi connectivity index (χ3n) is 7.16. The Morgan fingerprint density at radius 1 is 1.00 bits per heavy atom. The van der Waals surface area contributed by atoms with Gasteiger partial charge in [-0.15, -0.1) is 12.4 Å². The number of sulfonamides is 1. The molecule has 0 aromatic heterocycles. The first-order chi connectivity index (χ1) is 15.6. The number of carbonyl (C=O) groups is 1. The number of piperidine rings is 2. The number of amides is 1. The molecule has 2 rings (SSSR count). The van der Waals surface area contributed by atoms with E-state index in [1.165, 1.54) is 42.9 Å². The highest BCUT2D eigenvalue weighted by Crippen LogP contribution is 2.26. The van der Waals surface area contributed by atoms with Crippen molar-refractivity contribution in [2.45, 2.75) is 104 Å². The number of hydrogen-bond donors (Lipinski definition) is 0. The second-order valence-corrected chi connectivity index (χ2v) is 14.0. The van der Waals surface area contributed by atoms with E-state index >= 15 is 0 Å². The first-order valence-corrected chi connectivity index (χ1v) is 14.7. The highest BCUT2D eigenvalue weighted by molar-refractivity contribution is 7.88. The fraction of sp³-hybridized carbons (Fsp3) is 0.960. The molecular formula is C25H50ClN3O5S. The molecule has 0 aliphatic carbocycles. The molecule has 2 fully saturated rings. The number of carbonyl (C=O) groups excluding carboxylic acids is 1. The molecule has 2 heterocycles. The van der Waals surface area contributed by atoms with Crippen LogP contribution in [0.25, 0.3) is 0 Å². The van der Waals surface area contributed by atoms with Crippen molar-refractivity contribution in [1.82, 2.24) is 14.1 Å². The molecule has 0 aromatic carbocycles. The van der Waals surface area contributed by atoms with Gasteiger partial charge in [-0.1, -0.05) is 27.2 Å². The van der Waals surface area contributed by atoms with Gasteiger partial charge < -0.3 is 19.3 Å². The maximum atomic E-state index is 12.9. The Kier molecular flexibility index (Phi) is 12.3. The number of likely N-dealkylation sites (tertiary alicyclic amines) is 2. The van der Waals surface area contributed by atoms with Gasteiger partial charge in [-0.25, -0.2) is 13.2 Å². The van der Waals surface area contributed by atoms with Gasteiger partial charge in [-0.3, -0.25) is 0 Å². The zero-order valence-electron chi connectivity index (χ0n) is 23.2. The monoisotopic (exact) mass is 539 g/mol. The zero-order valence-corrected chi connectivity index (χ0v) is 24.8. The van der Waals surface area contributed by atoms with Crippen LogP contribution in [0.2, 0.25) is 0 Å². The molecule has 0 radical (unpaired) electrons. The standard InChI is InChI=1S/C25H49N3O5S.ClH/c1-20(24(2,3)4)33-22(18-28(25(5,6)7)34(8,30)31)19-32-23(29)27-16-12-21(13-17-27)26-14-10-9-11-15-26;/h20-22H,9-19H2,1-8H3;1H/t20-,22-;/m0./s1. The summed E-state index contributed by atoms with van der Waals surface area (Å²) in [5, 5.41) is 0. The summed E-state index contributed by atoms with van der Waals surface area (Å²) >= 11 is 0. The molecule has 2 aliphatic rings. The molecule has 0 spiro atoms. The number of rotatable bonds is 8. The average molecular weight is 540 g/mol. The molecule has 35 heavy (non-hydrogen) atoms. The SMILES string of the molecule is C[C@H](O[C@H](COC(=O)N1CCC(N2CCCCC2)CC1)CN(C(C)(C)C)S(C)(=O)=O)C(C)(C)C.Cl. The second-order valence-electron chi connectivity index (χ2n) is 12.1. The lowest BCUT2D eigenvalue weighted by atomic mass is 9.90. The van der Waals surface area contributed by atoms with Crippen LogP contribution >= 0.6 is 12.4 Å². The predicted molar refractivity (Wildman–Crippen MR) is 144 cm³/mol. The number of ether oxygens (including phenoxy) is 2.